The molecule has 1 aromatic carbocycles. The van der Waals surface area contributed by atoms with Crippen LogP contribution >= 0.6 is 23.2 Å². The number of hydrogen-bond donors (Lipinski definition) is 0. The summed E-state index contributed by atoms with van der Waals surface area (Å²) in [6, 6.07) is 3.52. The average Bonchev–Trinajstić information content (AvgIpc) is 2.29. The Morgan fingerprint density at radius 2 is 1.75 bits per heavy atom. The number of rotatable bonds is 4. The van der Waals surface area contributed by atoms with Crippen LogP contribution in [0.1, 0.15) is 34.0 Å². The van der Waals surface area contributed by atoms with Crippen LogP contribution in [0.5, 0.6) is 0 Å². The molecule has 4 heteroatoms. The van der Waals surface area contributed by atoms with Crippen molar-refractivity contribution in [2.45, 2.75) is 25.6 Å². The van der Waals surface area contributed by atoms with Gasteiger partial charge in [0, 0.05) is 11.8 Å². The normalized spacial score (nSPS) is 10.2. The topological polar surface area (TPSA) is 26.3 Å². The molecule has 0 unspecified atom stereocenters. The van der Waals surface area contributed by atoms with E-state index in [-0.39, 0.29) is 5.97 Å². The number of ether oxygens (including phenoxy) is 1. The van der Waals surface area contributed by atoms with Crippen LogP contribution in [0.15, 0.2) is 12.1 Å². The predicted octanol–water partition coefficient (Wildman–Crippen LogP) is 3.65. The SMILES string of the molecule is CCOC(=O)c1cc(CCl)c(C)c(CCl)c1. The molecule has 0 aromatic heterocycles. The van der Waals surface area contributed by atoms with Crippen molar-refractivity contribution in [3.05, 3.63) is 34.4 Å². The molecule has 0 heterocycles. The highest BCUT2D eigenvalue weighted by Crippen LogP contribution is 2.21. The van der Waals surface area contributed by atoms with Gasteiger partial charge >= 0.3 is 5.97 Å². The van der Waals surface area contributed by atoms with Gasteiger partial charge in [0.15, 0.2) is 0 Å². The molecule has 0 N–H and O–H groups in total. The molecule has 0 radical (unpaired) electrons. The van der Waals surface area contributed by atoms with E-state index in [2.05, 4.69) is 0 Å². The fourth-order valence-electron chi connectivity index (χ4n) is 1.45. The lowest BCUT2D eigenvalue weighted by atomic mass is 10.0. The molecule has 0 aliphatic heterocycles. The highest BCUT2D eigenvalue weighted by Gasteiger charge is 2.12. The van der Waals surface area contributed by atoms with E-state index in [0.717, 1.165) is 16.7 Å². The van der Waals surface area contributed by atoms with Crippen LogP contribution in [-0.4, -0.2) is 12.6 Å². The first-order valence-electron chi connectivity index (χ1n) is 5.05. The van der Waals surface area contributed by atoms with Crippen LogP contribution in [0.25, 0.3) is 0 Å². The summed E-state index contributed by atoms with van der Waals surface area (Å²) in [5, 5.41) is 0. The second kappa shape index (κ2) is 6.12. The molecule has 16 heavy (non-hydrogen) atoms. The number of hydrogen-bond acceptors (Lipinski definition) is 2. The van der Waals surface area contributed by atoms with Crippen molar-refractivity contribution in [1.29, 1.82) is 0 Å². The number of carbonyl (C=O) groups is 1. The Balaban J connectivity index is 3.16. The van der Waals surface area contributed by atoms with E-state index in [0.29, 0.717) is 23.9 Å². The maximum absolute atomic E-state index is 11.6. The summed E-state index contributed by atoms with van der Waals surface area (Å²) < 4.78 is 4.94. The zero-order valence-electron chi connectivity index (χ0n) is 9.35. The van der Waals surface area contributed by atoms with Gasteiger partial charge in [-0.3, -0.25) is 0 Å². The third kappa shape index (κ3) is 2.89. The molecule has 0 bridgehead atoms. The van der Waals surface area contributed by atoms with Crippen molar-refractivity contribution in [3.63, 3.8) is 0 Å². The molecule has 0 spiro atoms. The number of carbonyl (C=O) groups excluding carboxylic acids is 1. The number of alkyl halides is 2. The number of benzene rings is 1. The lowest BCUT2D eigenvalue weighted by molar-refractivity contribution is 0.0526. The van der Waals surface area contributed by atoms with Crippen molar-refractivity contribution >= 4 is 29.2 Å². The standard InChI is InChI=1S/C12H14Cl2O2/c1-3-16-12(15)9-4-10(6-13)8(2)11(5-9)7-14/h4-5H,3,6-7H2,1-2H3. The first-order valence-corrected chi connectivity index (χ1v) is 6.12. The van der Waals surface area contributed by atoms with Gasteiger partial charge in [-0.05, 0) is 42.7 Å². The predicted molar refractivity (Wildman–Crippen MR) is 66.2 cm³/mol. The highest BCUT2D eigenvalue weighted by molar-refractivity contribution is 6.18. The Bertz CT molecular complexity index is 364. The molecule has 1 rings (SSSR count). The van der Waals surface area contributed by atoms with E-state index in [1.54, 1.807) is 19.1 Å². The van der Waals surface area contributed by atoms with E-state index < -0.39 is 0 Å². The highest BCUT2D eigenvalue weighted by atomic mass is 35.5. The van der Waals surface area contributed by atoms with Crippen LogP contribution < -0.4 is 0 Å². The Kier molecular flexibility index (Phi) is 5.10. The van der Waals surface area contributed by atoms with Crippen LogP contribution in [0.4, 0.5) is 0 Å². The van der Waals surface area contributed by atoms with Crippen molar-refractivity contribution < 1.29 is 9.53 Å². The number of esters is 1. The summed E-state index contributed by atoms with van der Waals surface area (Å²) in [4.78, 5) is 11.6. The minimum atomic E-state index is -0.333. The minimum absolute atomic E-state index is 0.333. The van der Waals surface area contributed by atoms with Crippen molar-refractivity contribution in [1.82, 2.24) is 0 Å². The maximum atomic E-state index is 11.6. The number of halogens is 2. The molecular formula is C12H14Cl2O2. The summed E-state index contributed by atoms with van der Waals surface area (Å²) in [6.45, 7) is 4.08. The van der Waals surface area contributed by atoms with Gasteiger partial charge in [0.2, 0.25) is 0 Å². The van der Waals surface area contributed by atoms with E-state index in [1.165, 1.54) is 0 Å². The third-order valence-corrected chi connectivity index (χ3v) is 3.00. The molecule has 0 saturated heterocycles. The van der Waals surface area contributed by atoms with E-state index in [4.69, 9.17) is 27.9 Å². The first-order chi connectivity index (χ1) is 7.63. The van der Waals surface area contributed by atoms with Gasteiger partial charge in [-0.2, -0.15) is 0 Å². The second-order valence-electron chi connectivity index (χ2n) is 3.41. The van der Waals surface area contributed by atoms with Gasteiger partial charge in [-0.25, -0.2) is 4.79 Å². The quantitative estimate of drug-likeness (QED) is 0.610. The fraction of sp³-hybridized carbons (Fsp3) is 0.417. The smallest absolute Gasteiger partial charge is 0.338 e. The zero-order chi connectivity index (χ0) is 12.1. The second-order valence-corrected chi connectivity index (χ2v) is 3.94. The lowest BCUT2D eigenvalue weighted by Gasteiger charge is -2.10. The Morgan fingerprint density at radius 1 is 1.25 bits per heavy atom. The van der Waals surface area contributed by atoms with Gasteiger partial charge in [-0.1, -0.05) is 0 Å². The largest absolute Gasteiger partial charge is 0.462 e. The molecule has 88 valence electrons. The summed E-state index contributed by atoms with van der Waals surface area (Å²) in [5.41, 5.74) is 3.39. The molecule has 0 saturated carbocycles. The fourth-order valence-corrected chi connectivity index (χ4v) is 2.00. The summed E-state index contributed by atoms with van der Waals surface area (Å²) >= 11 is 11.6. The molecule has 0 aliphatic carbocycles. The third-order valence-electron chi connectivity index (χ3n) is 2.42. The lowest BCUT2D eigenvalue weighted by Crippen LogP contribution is -2.07. The average molecular weight is 261 g/mol. The minimum Gasteiger partial charge on any atom is -0.462 e. The molecule has 0 aliphatic rings. The molecule has 2 nitrogen and oxygen atoms in total. The van der Waals surface area contributed by atoms with Crippen LogP contribution in [0, 0.1) is 6.92 Å². The van der Waals surface area contributed by atoms with Crippen molar-refractivity contribution in [2.24, 2.45) is 0 Å². The Morgan fingerprint density at radius 3 is 2.12 bits per heavy atom. The molecular weight excluding hydrogens is 247 g/mol. The monoisotopic (exact) mass is 260 g/mol. The van der Waals surface area contributed by atoms with Crippen molar-refractivity contribution in [3.8, 4) is 0 Å². The molecule has 0 atom stereocenters. The summed E-state index contributed by atoms with van der Waals surface area (Å²) in [5.74, 6) is 0.395. The van der Waals surface area contributed by atoms with Gasteiger partial charge in [0.1, 0.15) is 0 Å². The summed E-state index contributed by atoms with van der Waals surface area (Å²) in [6.07, 6.45) is 0. The van der Waals surface area contributed by atoms with Gasteiger partial charge in [0.25, 0.3) is 0 Å². The Hall–Kier alpha value is -0.730. The van der Waals surface area contributed by atoms with Gasteiger partial charge < -0.3 is 4.74 Å². The maximum Gasteiger partial charge on any atom is 0.338 e. The Labute approximate surface area is 106 Å². The summed E-state index contributed by atoms with van der Waals surface area (Å²) in [7, 11) is 0. The van der Waals surface area contributed by atoms with Crippen LogP contribution in [0.3, 0.4) is 0 Å². The molecule has 1 aromatic rings. The van der Waals surface area contributed by atoms with E-state index in [9.17, 15) is 4.79 Å². The van der Waals surface area contributed by atoms with Crippen LogP contribution in [-0.2, 0) is 16.5 Å². The van der Waals surface area contributed by atoms with Crippen molar-refractivity contribution in [2.75, 3.05) is 6.61 Å². The molecule has 0 amide bonds. The van der Waals surface area contributed by atoms with Crippen LogP contribution in [0.2, 0.25) is 0 Å². The van der Waals surface area contributed by atoms with Gasteiger partial charge in [-0.15, -0.1) is 23.2 Å². The van der Waals surface area contributed by atoms with E-state index in [1.807, 2.05) is 6.92 Å². The zero-order valence-corrected chi connectivity index (χ0v) is 10.9. The van der Waals surface area contributed by atoms with Gasteiger partial charge in [0.05, 0.1) is 12.2 Å². The molecule has 0 fully saturated rings. The first kappa shape index (κ1) is 13.3. The van der Waals surface area contributed by atoms with E-state index >= 15 is 0 Å².